The molecule has 2 aromatic rings. The van der Waals surface area contributed by atoms with E-state index in [1.54, 1.807) is 23.1 Å². The molecule has 4 rings (SSSR count). The summed E-state index contributed by atoms with van der Waals surface area (Å²) in [5.74, 6) is -1.34. The number of sulfonamides is 1. The molecule has 2 aliphatic heterocycles. The predicted octanol–water partition coefficient (Wildman–Crippen LogP) is 2.62. The van der Waals surface area contributed by atoms with Crippen LogP contribution in [-0.4, -0.2) is 44.4 Å². The third kappa shape index (κ3) is 4.51. The van der Waals surface area contributed by atoms with Gasteiger partial charge in [-0.2, -0.15) is 5.26 Å². The van der Waals surface area contributed by atoms with Crippen LogP contribution in [0, 0.1) is 11.3 Å². The highest BCUT2D eigenvalue weighted by atomic mass is 35.5. The number of anilines is 2. The number of benzene rings is 2. The van der Waals surface area contributed by atoms with E-state index in [-0.39, 0.29) is 21.9 Å². The lowest BCUT2D eigenvalue weighted by Gasteiger charge is -2.22. The number of esters is 1. The van der Waals surface area contributed by atoms with Gasteiger partial charge in [0.2, 0.25) is 0 Å². The van der Waals surface area contributed by atoms with Gasteiger partial charge in [0.05, 0.1) is 27.6 Å². The van der Waals surface area contributed by atoms with Crippen molar-refractivity contribution in [2.75, 3.05) is 29.1 Å². The molecule has 2 aromatic carbocycles. The Kier molecular flexibility index (Phi) is 5.62. The molecule has 0 bridgehead atoms. The van der Waals surface area contributed by atoms with E-state index in [4.69, 9.17) is 21.6 Å². The van der Waals surface area contributed by atoms with E-state index in [0.29, 0.717) is 22.3 Å². The van der Waals surface area contributed by atoms with Crippen molar-refractivity contribution in [3.05, 3.63) is 52.5 Å². The third-order valence-electron chi connectivity index (χ3n) is 4.42. The van der Waals surface area contributed by atoms with Crippen LogP contribution in [0.5, 0.6) is 0 Å². The van der Waals surface area contributed by atoms with Gasteiger partial charge in [-0.25, -0.2) is 13.2 Å². The standard InChI is InChI=1S/C19H13ClN4O5S2/c20-14-8-13(3-1-12(14)9-21)22-17(25)10-29-18(26)11-2-4-15-16(7-11)30-19-23-31(27,28)6-5-24(15)19/h1-4,7-8H,5-6,10H2,(H,22,25). The number of nitrogens with zero attached hydrogens (tertiary/aromatic N) is 3. The van der Waals surface area contributed by atoms with Gasteiger partial charge in [-0.15, -0.1) is 4.40 Å². The number of hydrogen-bond donors (Lipinski definition) is 1. The number of hydrogen-bond acceptors (Lipinski definition) is 8. The molecule has 0 aromatic heterocycles. The van der Waals surface area contributed by atoms with Gasteiger partial charge in [-0.05, 0) is 48.2 Å². The first-order chi connectivity index (χ1) is 14.8. The van der Waals surface area contributed by atoms with Gasteiger partial charge < -0.3 is 15.0 Å². The highest BCUT2D eigenvalue weighted by Crippen LogP contribution is 2.42. The minimum absolute atomic E-state index is 0.0696. The number of rotatable bonds is 4. The second-order valence-electron chi connectivity index (χ2n) is 6.53. The van der Waals surface area contributed by atoms with Crippen LogP contribution in [0.15, 0.2) is 45.7 Å². The molecule has 0 aliphatic carbocycles. The van der Waals surface area contributed by atoms with Crippen LogP contribution < -0.4 is 10.2 Å². The second-order valence-corrected chi connectivity index (χ2v) is 9.70. The summed E-state index contributed by atoms with van der Waals surface area (Å²) in [4.78, 5) is 26.9. The number of carbonyl (C=O) groups is 2. The van der Waals surface area contributed by atoms with Crippen LogP contribution in [0.25, 0.3) is 0 Å². The number of amidine groups is 1. The molecule has 9 nitrogen and oxygen atoms in total. The molecule has 0 unspecified atom stereocenters. The number of nitrogens with one attached hydrogen (secondary N) is 1. The van der Waals surface area contributed by atoms with Crippen molar-refractivity contribution >= 4 is 61.8 Å². The third-order valence-corrected chi connectivity index (χ3v) is 7.04. The summed E-state index contributed by atoms with van der Waals surface area (Å²) in [5, 5.41) is 12.0. The van der Waals surface area contributed by atoms with E-state index >= 15 is 0 Å². The maximum atomic E-state index is 12.3. The SMILES string of the molecule is N#Cc1ccc(NC(=O)COC(=O)c2ccc3c(c2)SC2=NS(=O)(=O)CCN23)cc1Cl. The quantitative estimate of drug-likeness (QED) is 0.666. The molecule has 1 amide bonds. The average Bonchev–Trinajstić information content (AvgIpc) is 3.07. The van der Waals surface area contributed by atoms with E-state index in [0.717, 1.165) is 17.4 Å². The zero-order valence-corrected chi connectivity index (χ0v) is 18.1. The highest BCUT2D eigenvalue weighted by Gasteiger charge is 2.33. The fourth-order valence-corrected chi connectivity index (χ4v) is 5.47. The molecule has 0 saturated carbocycles. The van der Waals surface area contributed by atoms with Gasteiger partial charge in [0, 0.05) is 17.1 Å². The lowest BCUT2D eigenvalue weighted by molar-refractivity contribution is -0.119. The largest absolute Gasteiger partial charge is 0.452 e. The minimum Gasteiger partial charge on any atom is -0.452 e. The number of amides is 1. The molecule has 158 valence electrons. The molecule has 0 spiro atoms. The first kappa shape index (κ1) is 21.2. The first-order valence-electron chi connectivity index (χ1n) is 8.84. The predicted molar refractivity (Wildman–Crippen MR) is 116 cm³/mol. The Morgan fingerprint density at radius 2 is 2.10 bits per heavy atom. The molecule has 2 aliphatic rings. The van der Waals surface area contributed by atoms with E-state index in [9.17, 15) is 18.0 Å². The van der Waals surface area contributed by atoms with Crippen LogP contribution in [0.1, 0.15) is 15.9 Å². The molecule has 1 N–H and O–H groups in total. The Morgan fingerprint density at radius 1 is 1.29 bits per heavy atom. The van der Waals surface area contributed by atoms with Gasteiger partial charge in [0.25, 0.3) is 15.9 Å². The number of carbonyl (C=O) groups excluding carboxylic acids is 2. The van der Waals surface area contributed by atoms with Crippen molar-refractivity contribution in [3.8, 4) is 6.07 Å². The zero-order chi connectivity index (χ0) is 22.2. The van der Waals surface area contributed by atoms with Crippen molar-refractivity contribution in [1.82, 2.24) is 0 Å². The van der Waals surface area contributed by atoms with Crippen LogP contribution in [-0.2, 0) is 19.6 Å². The highest BCUT2D eigenvalue weighted by molar-refractivity contribution is 8.15. The summed E-state index contributed by atoms with van der Waals surface area (Å²) in [6, 6.07) is 11.1. The van der Waals surface area contributed by atoms with Crippen molar-refractivity contribution in [2.45, 2.75) is 4.90 Å². The Bertz CT molecular complexity index is 1290. The van der Waals surface area contributed by atoms with E-state index in [2.05, 4.69) is 9.71 Å². The molecule has 0 saturated heterocycles. The molecule has 2 heterocycles. The molecule has 0 radical (unpaired) electrons. The Balaban J connectivity index is 1.39. The van der Waals surface area contributed by atoms with Crippen LogP contribution >= 0.6 is 23.4 Å². The summed E-state index contributed by atoms with van der Waals surface area (Å²) < 4.78 is 32.2. The molecular formula is C19H13ClN4O5S2. The first-order valence-corrected chi connectivity index (χ1v) is 11.6. The van der Waals surface area contributed by atoms with E-state index in [1.807, 2.05) is 6.07 Å². The van der Waals surface area contributed by atoms with E-state index in [1.165, 1.54) is 18.2 Å². The van der Waals surface area contributed by atoms with Gasteiger partial charge in [0.1, 0.15) is 6.07 Å². The van der Waals surface area contributed by atoms with Gasteiger partial charge in [0.15, 0.2) is 11.8 Å². The molecule has 31 heavy (non-hydrogen) atoms. The van der Waals surface area contributed by atoms with Gasteiger partial charge in [-0.3, -0.25) is 4.79 Å². The lowest BCUT2D eigenvalue weighted by Crippen LogP contribution is -2.35. The number of fused-ring (bicyclic) bond motifs is 3. The Hall–Kier alpha value is -3.07. The maximum absolute atomic E-state index is 12.3. The van der Waals surface area contributed by atoms with Gasteiger partial charge in [-0.1, -0.05) is 11.6 Å². The van der Waals surface area contributed by atoms with Crippen molar-refractivity contribution in [2.24, 2.45) is 4.40 Å². The molecular weight excluding hydrogens is 464 g/mol. The summed E-state index contributed by atoms with van der Waals surface area (Å²) in [5.41, 5.74) is 1.64. The normalized spacial score (nSPS) is 15.9. The summed E-state index contributed by atoms with van der Waals surface area (Å²) in [7, 11) is -3.47. The van der Waals surface area contributed by atoms with Crippen molar-refractivity contribution < 1.29 is 22.7 Å². The average molecular weight is 477 g/mol. The van der Waals surface area contributed by atoms with Gasteiger partial charge >= 0.3 is 5.97 Å². The molecule has 0 atom stereocenters. The summed E-state index contributed by atoms with van der Waals surface area (Å²) in [6.07, 6.45) is 0. The monoisotopic (exact) mass is 476 g/mol. The molecule has 0 fully saturated rings. The number of nitriles is 1. The topological polar surface area (TPSA) is 129 Å². The molecule has 12 heteroatoms. The van der Waals surface area contributed by atoms with Crippen molar-refractivity contribution in [1.29, 1.82) is 5.26 Å². The Morgan fingerprint density at radius 3 is 2.84 bits per heavy atom. The second kappa shape index (κ2) is 8.22. The fraction of sp³-hybridized carbons (Fsp3) is 0.158. The Labute approximate surface area is 186 Å². The number of thioether (sulfide) groups is 1. The fourth-order valence-electron chi connectivity index (χ4n) is 2.95. The van der Waals surface area contributed by atoms with Crippen LogP contribution in [0.2, 0.25) is 5.02 Å². The van der Waals surface area contributed by atoms with Crippen molar-refractivity contribution in [3.63, 3.8) is 0 Å². The smallest absolute Gasteiger partial charge is 0.338 e. The van der Waals surface area contributed by atoms with Crippen LogP contribution in [0.4, 0.5) is 11.4 Å². The summed E-state index contributed by atoms with van der Waals surface area (Å²) in [6.45, 7) is -0.220. The minimum atomic E-state index is -3.47. The van der Waals surface area contributed by atoms with Crippen LogP contribution in [0.3, 0.4) is 0 Å². The maximum Gasteiger partial charge on any atom is 0.338 e. The van der Waals surface area contributed by atoms with E-state index < -0.39 is 28.5 Å². The summed E-state index contributed by atoms with van der Waals surface area (Å²) >= 11 is 7.08. The number of halogens is 1. The lowest BCUT2D eigenvalue weighted by atomic mass is 10.2. The number of ether oxygens (including phenoxy) is 1. The zero-order valence-electron chi connectivity index (χ0n) is 15.7.